The fraction of sp³-hybridized carbons (Fsp3) is 0.406. The van der Waals surface area contributed by atoms with Gasteiger partial charge < -0.3 is 71.1 Å². The van der Waals surface area contributed by atoms with Gasteiger partial charge in [0.1, 0.15) is 54.9 Å². The molecule has 5 heterocycles. The third-order valence-corrected chi connectivity index (χ3v) is 14.8. The van der Waals surface area contributed by atoms with E-state index in [1.807, 2.05) is 128 Å². The minimum absolute atomic E-state index is 0.0186. The maximum Gasteiger partial charge on any atom is 0.338 e. The Morgan fingerprint density at radius 3 is 1.53 bits per heavy atom. The van der Waals surface area contributed by atoms with E-state index in [9.17, 15) is 9.59 Å². The summed E-state index contributed by atoms with van der Waals surface area (Å²) in [5.74, 6) is -2.52. The summed E-state index contributed by atoms with van der Waals surface area (Å²) < 4.78 is 100. The van der Waals surface area contributed by atoms with Gasteiger partial charge in [0.2, 0.25) is 0 Å². The number of hydrogen-bond donors (Lipinski definition) is 0. The van der Waals surface area contributed by atoms with E-state index in [2.05, 4.69) is 0 Å². The van der Waals surface area contributed by atoms with Crippen molar-refractivity contribution in [1.82, 2.24) is 0 Å². The first-order valence-corrected chi connectivity index (χ1v) is 27.5. The van der Waals surface area contributed by atoms with Crippen molar-refractivity contribution in [2.75, 3.05) is 20.3 Å². The number of carbonyl (C=O) groups is 2. The first kappa shape index (κ1) is 56.6. The molecule has 426 valence electrons. The zero-order valence-corrected chi connectivity index (χ0v) is 45.5. The SMILES string of the molecule is CO[C@@H]1O[C@@H](C)[C@H](O[C@@H]2O[C@H](CO[C@H]3O[C@@H]4COC(c5ccccc5)O[C@@H]4[C@H](OCc4ccccc4)[C@H]3OCc3ccccc3)[C@@H](OCc3ccccc3)[C@H](OC(=O)c3ccccc3)[C@H]2OC(=O)c2ccccc2)[C@H]2OC(C)(C)O[C@@H]12. The summed E-state index contributed by atoms with van der Waals surface area (Å²) in [6.45, 7) is 5.63. The lowest BCUT2D eigenvalue weighted by atomic mass is 9.95. The van der Waals surface area contributed by atoms with Crippen molar-refractivity contribution >= 4 is 11.9 Å². The van der Waals surface area contributed by atoms with Crippen LogP contribution < -0.4 is 0 Å². The predicted molar refractivity (Wildman–Crippen MR) is 290 cm³/mol. The molecule has 0 saturated carbocycles. The molecule has 0 amide bonds. The van der Waals surface area contributed by atoms with Crippen LogP contribution in [-0.4, -0.2) is 130 Å². The first-order valence-electron chi connectivity index (χ1n) is 27.5. The topological polar surface area (TPSA) is 173 Å². The molecule has 1 unspecified atom stereocenters. The van der Waals surface area contributed by atoms with Gasteiger partial charge in [-0.25, -0.2) is 9.59 Å². The van der Waals surface area contributed by atoms with Crippen molar-refractivity contribution in [3.63, 3.8) is 0 Å². The highest BCUT2D eigenvalue weighted by atomic mass is 16.8. The summed E-state index contributed by atoms with van der Waals surface area (Å²) in [4.78, 5) is 29.1. The van der Waals surface area contributed by atoms with Gasteiger partial charge >= 0.3 is 11.9 Å². The van der Waals surface area contributed by atoms with Crippen LogP contribution in [0.25, 0.3) is 0 Å². The second-order valence-electron chi connectivity index (χ2n) is 21.0. The molecule has 6 aromatic rings. The molecule has 0 aromatic heterocycles. The standard InChI is InChI=1S/C64H68O17/c1-40-49(54-57(61(67-4)73-40)81-64(2,3)80-54)78-63-56(77-59(66)45-31-19-9-20-32-45)53(76-58(65)44-29-17-8-18-30-44)50(68-35-41-23-11-5-12-24-41)47(75-63)38-72-62-55(70-37-43-27-15-7-16-28-43)52(69-36-42-25-13-6-14-26-42)51-48(74-62)39-71-60(79-51)46-33-21-10-22-34-46/h5-34,40,47-57,60-63H,35-39H2,1-4H3/t40-,47+,48+,49-,50+,51-,52-,53-,54+,55+,56+,57+,60?,61+,62-,63-/m0/s1. The maximum absolute atomic E-state index is 14.6. The van der Waals surface area contributed by atoms with Crippen LogP contribution in [0.4, 0.5) is 0 Å². The molecule has 6 aromatic carbocycles. The second-order valence-corrected chi connectivity index (χ2v) is 21.0. The first-order chi connectivity index (χ1) is 39.6. The molecule has 0 N–H and O–H groups in total. The molecule has 5 aliphatic heterocycles. The number of carbonyl (C=O) groups excluding carboxylic acids is 2. The number of benzene rings is 6. The number of methoxy groups -OCH3 is 1. The van der Waals surface area contributed by atoms with E-state index in [1.54, 1.807) is 74.5 Å². The molecule has 0 aliphatic carbocycles. The normalized spacial score (nSPS) is 31.5. The van der Waals surface area contributed by atoms with Crippen LogP contribution in [0.15, 0.2) is 182 Å². The molecule has 5 aliphatic rings. The molecule has 0 radical (unpaired) electrons. The number of ether oxygens (including phenoxy) is 15. The number of esters is 2. The number of rotatable bonds is 20. The molecule has 5 saturated heterocycles. The maximum atomic E-state index is 14.6. The van der Waals surface area contributed by atoms with Crippen LogP contribution in [-0.2, 0) is 90.9 Å². The third kappa shape index (κ3) is 13.7. The Balaban J connectivity index is 0.974. The van der Waals surface area contributed by atoms with E-state index in [-0.39, 0.29) is 44.2 Å². The molecular formula is C64H68O17. The van der Waals surface area contributed by atoms with Crippen molar-refractivity contribution in [3.8, 4) is 0 Å². The Bertz CT molecular complexity index is 2910. The van der Waals surface area contributed by atoms with Crippen molar-refractivity contribution in [2.45, 2.75) is 145 Å². The Morgan fingerprint density at radius 1 is 0.481 bits per heavy atom. The summed E-state index contributed by atoms with van der Waals surface area (Å²) in [7, 11) is 1.53. The highest BCUT2D eigenvalue weighted by Gasteiger charge is 2.59. The zero-order chi connectivity index (χ0) is 55.7. The smallest absolute Gasteiger partial charge is 0.338 e. The van der Waals surface area contributed by atoms with Gasteiger partial charge in [-0.3, -0.25) is 0 Å². The Morgan fingerprint density at radius 2 is 0.975 bits per heavy atom. The second kappa shape index (κ2) is 26.3. The van der Waals surface area contributed by atoms with Crippen molar-refractivity contribution < 1.29 is 80.6 Å². The quantitative estimate of drug-likeness (QED) is 0.0662. The van der Waals surface area contributed by atoms with E-state index in [1.165, 1.54) is 7.11 Å². The van der Waals surface area contributed by atoms with Gasteiger partial charge in [0.05, 0.1) is 50.3 Å². The van der Waals surface area contributed by atoms with Gasteiger partial charge in [-0.15, -0.1) is 0 Å². The highest BCUT2D eigenvalue weighted by Crippen LogP contribution is 2.42. The average Bonchev–Trinajstić information content (AvgIpc) is 3.96. The minimum Gasteiger partial charge on any atom is -0.452 e. The lowest BCUT2D eigenvalue weighted by Gasteiger charge is -2.50. The van der Waals surface area contributed by atoms with E-state index >= 15 is 0 Å². The summed E-state index contributed by atoms with van der Waals surface area (Å²) in [5.41, 5.74) is 3.94. The largest absolute Gasteiger partial charge is 0.452 e. The van der Waals surface area contributed by atoms with Gasteiger partial charge in [-0.1, -0.05) is 158 Å². The minimum atomic E-state index is -1.50. The molecule has 16 atom stereocenters. The third-order valence-electron chi connectivity index (χ3n) is 14.8. The monoisotopic (exact) mass is 1110 g/mol. The Labute approximate surface area is 471 Å². The Kier molecular flexibility index (Phi) is 18.4. The molecule has 11 rings (SSSR count). The van der Waals surface area contributed by atoms with E-state index in [4.69, 9.17) is 71.1 Å². The van der Waals surface area contributed by atoms with Crippen LogP contribution in [0.1, 0.15) is 70.0 Å². The molecule has 0 bridgehead atoms. The lowest BCUT2D eigenvalue weighted by molar-refractivity contribution is -0.381. The van der Waals surface area contributed by atoms with Gasteiger partial charge in [0.15, 0.2) is 43.2 Å². The van der Waals surface area contributed by atoms with Gasteiger partial charge in [0.25, 0.3) is 0 Å². The van der Waals surface area contributed by atoms with Gasteiger partial charge in [-0.05, 0) is 61.7 Å². The van der Waals surface area contributed by atoms with E-state index in [0.717, 1.165) is 22.3 Å². The van der Waals surface area contributed by atoms with Crippen LogP contribution in [0.3, 0.4) is 0 Å². The molecule has 5 fully saturated rings. The zero-order valence-electron chi connectivity index (χ0n) is 45.5. The van der Waals surface area contributed by atoms with Crippen molar-refractivity contribution in [1.29, 1.82) is 0 Å². The molecule has 81 heavy (non-hydrogen) atoms. The van der Waals surface area contributed by atoms with E-state index in [0.29, 0.717) is 0 Å². The molecule has 17 heteroatoms. The molecule has 17 nitrogen and oxygen atoms in total. The van der Waals surface area contributed by atoms with E-state index < -0.39 is 116 Å². The number of hydrogen-bond acceptors (Lipinski definition) is 17. The fourth-order valence-electron chi connectivity index (χ4n) is 10.9. The lowest BCUT2D eigenvalue weighted by Crippen LogP contribution is -2.66. The molecular weight excluding hydrogens is 1040 g/mol. The van der Waals surface area contributed by atoms with Crippen molar-refractivity contribution in [2.24, 2.45) is 0 Å². The van der Waals surface area contributed by atoms with Gasteiger partial charge in [0, 0.05) is 12.7 Å². The van der Waals surface area contributed by atoms with Crippen LogP contribution in [0.2, 0.25) is 0 Å². The van der Waals surface area contributed by atoms with Gasteiger partial charge in [-0.2, -0.15) is 0 Å². The van der Waals surface area contributed by atoms with Crippen LogP contribution in [0.5, 0.6) is 0 Å². The summed E-state index contributed by atoms with van der Waals surface area (Å²) >= 11 is 0. The van der Waals surface area contributed by atoms with Crippen LogP contribution in [0, 0.1) is 0 Å². The van der Waals surface area contributed by atoms with Crippen LogP contribution >= 0.6 is 0 Å². The fourth-order valence-corrected chi connectivity index (χ4v) is 10.9. The Hall–Kier alpha value is -6.26. The summed E-state index contributed by atoms with van der Waals surface area (Å²) in [6, 6.07) is 55.8. The highest BCUT2D eigenvalue weighted by molar-refractivity contribution is 5.90. The number of fused-ring (bicyclic) bond motifs is 2. The predicted octanol–water partition coefficient (Wildman–Crippen LogP) is 9.07. The average molecular weight is 1110 g/mol. The molecule has 0 spiro atoms. The summed E-state index contributed by atoms with van der Waals surface area (Å²) in [6.07, 6.45) is -15.7. The van der Waals surface area contributed by atoms with Crippen molar-refractivity contribution in [3.05, 3.63) is 215 Å². The summed E-state index contributed by atoms with van der Waals surface area (Å²) in [5, 5.41) is 0.